The number of aromatic nitrogens is 2. The second-order valence-corrected chi connectivity index (χ2v) is 8.64. The third-order valence-corrected chi connectivity index (χ3v) is 6.40. The van der Waals surface area contributed by atoms with Gasteiger partial charge < -0.3 is 4.90 Å². The van der Waals surface area contributed by atoms with Crippen LogP contribution in [0.3, 0.4) is 0 Å². The fraction of sp³-hybridized carbons (Fsp3) is 0.192. The normalized spacial score (nSPS) is 11.9. The van der Waals surface area contributed by atoms with E-state index in [0.29, 0.717) is 22.6 Å². The van der Waals surface area contributed by atoms with Crippen molar-refractivity contribution in [3.8, 4) is 0 Å². The van der Waals surface area contributed by atoms with Gasteiger partial charge in [0.25, 0.3) is 5.56 Å². The molecule has 0 aliphatic carbocycles. The maximum atomic E-state index is 13.4. The standard InChI is InChI=1S/C26H25N3O2S/c1-19(21-13-7-4-8-14-21)29-25(31)22-15-9-10-16-23(22)27-26(29)32-18-24(30)28(2)17-20-11-5-3-6-12-20/h3-16,19H,17-18H2,1-2H3/t19-/m0/s1. The molecule has 4 rings (SSSR count). The van der Waals surface area contributed by atoms with Crippen LogP contribution in [0.1, 0.15) is 24.1 Å². The van der Waals surface area contributed by atoms with E-state index in [1.165, 1.54) is 11.8 Å². The molecule has 162 valence electrons. The van der Waals surface area contributed by atoms with Crippen LogP contribution in [-0.4, -0.2) is 33.2 Å². The van der Waals surface area contributed by atoms with Crippen molar-refractivity contribution < 1.29 is 4.79 Å². The zero-order valence-corrected chi connectivity index (χ0v) is 19.0. The van der Waals surface area contributed by atoms with Crippen LogP contribution in [0.5, 0.6) is 0 Å². The van der Waals surface area contributed by atoms with Gasteiger partial charge in [-0.15, -0.1) is 0 Å². The number of nitrogens with zero attached hydrogens (tertiary/aromatic N) is 3. The maximum Gasteiger partial charge on any atom is 0.262 e. The van der Waals surface area contributed by atoms with Crippen LogP contribution in [0.2, 0.25) is 0 Å². The molecule has 0 aliphatic rings. The SMILES string of the molecule is C[C@@H](c1ccccc1)n1c(SCC(=O)N(C)Cc2ccccc2)nc2ccccc2c1=O. The molecule has 32 heavy (non-hydrogen) atoms. The lowest BCUT2D eigenvalue weighted by atomic mass is 10.1. The number of thioether (sulfide) groups is 1. The molecule has 0 radical (unpaired) electrons. The van der Waals surface area contributed by atoms with Gasteiger partial charge in [-0.2, -0.15) is 0 Å². The van der Waals surface area contributed by atoms with Gasteiger partial charge in [0, 0.05) is 13.6 Å². The van der Waals surface area contributed by atoms with Gasteiger partial charge in [-0.1, -0.05) is 84.6 Å². The van der Waals surface area contributed by atoms with E-state index in [4.69, 9.17) is 4.98 Å². The predicted molar refractivity (Wildman–Crippen MR) is 130 cm³/mol. The second kappa shape index (κ2) is 9.83. The number of fused-ring (bicyclic) bond motifs is 1. The van der Waals surface area contributed by atoms with Crippen LogP contribution in [0.15, 0.2) is 94.9 Å². The largest absolute Gasteiger partial charge is 0.341 e. The van der Waals surface area contributed by atoms with Gasteiger partial charge in [0.2, 0.25) is 5.91 Å². The Bertz CT molecular complexity index is 1270. The van der Waals surface area contributed by atoms with Gasteiger partial charge in [-0.3, -0.25) is 14.2 Å². The lowest BCUT2D eigenvalue weighted by Gasteiger charge is -2.21. The number of carbonyl (C=O) groups excluding carboxylic acids is 1. The average molecular weight is 444 g/mol. The molecule has 0 aliphatic heterocycles. The molecule has 0 fully saturated rings. The molecule has 0 bridgehead atoms. The molecule has 1 amide bonds. The minimum absolute atomic E-state index is 0.0137. The lowest BCUT2D eigenvalue weighted by molar-refractivity contribution is -0.127. The summed E-state index contributed by atoms with van der Waals surface area (Å²) in [6.45, 7) is 2.53. The number of para-hydroxylation sites is 1. The summed E-state index contributed by atoms with van der Waals surface area (Å²) in [6, 6.07) is 26.9. The van der Waals surface area contributed by atoms with Gasteiger partial charge in [0.05, 0.1) is 22.7 Å². The summed E-state index contributed by atoms with van der Waals surface area (Å²) in [5, 5.41) is 1.12. The van der Waals surface area contributed by atoms with Gasteiger partial charge >= 0.3 is 0 Å². The Hall–Kier alpha value is -3.38. The molecule has 1 aromatic heterocycles. The van der Waals surface area contributed by atoms with Gasteiger partial charge in [0.15, 0.2) is 5.16 Å². The number of hydrogen-bond donors (Lipinski definition) is 0. The Kier molecular flexibility index (Phi) is 6.71. The van der Waals surface area contributed by atoms with E-state index in [1.54, 1.807) is 22.6 Å². The van der Waals surface area contributed by atoms with Crippen molar-refractivity contribution in [1.29, 1.82) is 0 Å². The van der Waals surface area contributed by atoms with E-state index in [9.17, 15) is 9.59 Å². The summed E-state index contributed by atoms with van der Waals surface area (Å²) in [5.41, 5.74) is 2.63. The summed E-state index contributed by atoms with van der Waals surface area (Å²) in [7, 11) is 1.80. The fourth-order valence-corrected chi connectivity index (χ4v) is 4.65. The molecule has 0 saturated carbocycles. The minimum Gasteiger partial charge on any atom is -0.341 e. The minimum atomic E-state index is -0.208. The first kappa shape index (κ1) is 21.8. The first-order chi connectivity index (χ1) is 15.5. The highest BCUT2D eigenvalue weighted by atomic mass is 32.2. The molecule has 0 saturated heterocycles. The lowest BCUT2D eigenvalue weighted by Crippen LogP contribution is -2.30. The predicted octanol–water partition coefficient (Wildman–Crippen LogP) is 4.76. The van der Waals surface area contributed by atoms with Crippen molar-refractivity contribution in [2.24, 2.45) is 0 Å². The number of amides is 1. The molecule has 0 N–H and O–H groups in total. The van der Waals surface area contributed by atoms with Gasteiger partial charge in [-0.05, 0) is 30.2 Å². The van der Waals surface area contributed by atoms with E-state index < -0.39 is 0 Å². The highest BCUT2D eigenvalue weighted by molar-refractivity contribution is 7.99. The smallest absolute Gasteiger partial charge is 0.262 e. The van der Waals surface area contributed by atoms with Crippen molar-refractivity contribution in [1.82, 2.24) is 14.5 Å². The van der Waals surface area contributed by atoms with E-state index in [1.807, 2.05) is 85.8 Å². The Morgan fingerprint density at radius 3 is 2.31 bits per heavy atom. The molecular weight excluding hydrogens is 418 g/mol. The molecule has 0 spiro atoms. The molecule has 5 nitrogen and oxygen atoms in total. The molecule has 1 atom stereocenters. The summed E-state index contributed by atoms with van der Waals surface area (Å²) in [4.78, 5) is 32.7. The summed E-state index contributed by atoms with van der Waals surface area (Å²) in [6.07, 6.45) is 0. The third kappa shape index (κ3) is 4.75. The summed E-state index contributed by atoms with van der Waals surface area (Å²) >= 11 is 1.31. The molecule has 0 unspecified atom stereocenters. The monoisotopic (exact) mass is 443 g/mol. The van der Waals surface area contributed by atoms with Crippen LogP contribution in [0, 0.1) is 0 Å². The highest BCUT2D eigenvalue weighted by Crippen LogP contribution is 2.25. The molecule has 4 aromatic rings. The Morgan fingerprint density at radius 1 is 0.969 bits per heavy atom. The Morgan fingerprint density at radius 2 is 1.59 bits per heavy atom. The Labute approximate surface area is 191 Å². The van der Waals surface area contributed by atoms with E-state index >= 15 is 0 Å². The van der Waals surface area contributed by atoms with Gasteiger partial charge in [0.1, 0.15) is 0 Å². The van der Waals surface area contributed by atoms with Crippen LogP contribution in [0.25, 0.3) is 10.9 Å². The zero-order valence-electron chi connectivity index (χ0n) is 18.1. The summed E-state index contributed by atoms with van der Waals surface area (Å²) in [5.74, 6) is 0.190. The van der Waals surface area contributed by atoms with E-state index in [0.717, 1.165) is 11.1 Å². The van der Waals surface area contributed by atoms with E-state index in [2.05, 4.69) is 0 Å². The zero-order chi connectivity index (χ0) is 22.5. The number of benzene rings is 3. The number of carbonyl (C=O) groups is 1. The van der Waals surface area contributed by atoms with Crippen molar-refractivity contribution in [3.05, 3.63) is 106 Å². The van der Waals surface area contributed by atoms with Crippen LogP contribution < -0.4 is 5.56 Å². The molecule has 1 heterocycles. The first-order valence-electron chi connectivity index (χ1n) is 10.5. The van der Waals surface area contributed by atoms with Crippen molar-refractivity contribution >= 4 is 28.6 Å². The molecule has 6 heteroatoms. The topological polar surface area (TPSA) is 55.2 Å². The van der Waals surface area contributed by atoms with Crippen LogP contribution >= 0.6 is 11.8 Å². The summed E-state index contributed by atoms with van der Waals surface area (Å²) < 4.78 is 1.70. The fourth-order valence-electron chi connectivity index (χ4n) is 3.63. The molecule has 3 aromatic carbocycles. The van der Waals surface area contributed by atoms with Gasteiger partial charge in [-0.25, -0.2) is 4.98 Å². The maximum absolute atomic E-state index is 13.4. The number of hydrogen-bond acceptors (Lipinski definition) is 4. The van der Waals surface area contributed by atoms with E-state index in [-0.39, 0.29) is 23.3 Å². The second-order valence-electron chi connectivity index (χ2n) is 7.70. The van der Waals surface area contributed by atoms with Crippen molar-refractivity contribution in [2.45, 2.75) is 24.7 Å². The first-order valence-corrected chi connectivity index (χ1v) is 11.5. The van der Waals surface area contributed by atoms with Crippen molar-refractivity contribution in [2.75, 3.05) is 12.8 Å². The quantitative estimate of drug-likeness (QED) is 0.305. The average Bonchev–Trinajstić information content (AvgIpc) is 2.83. The van der Waals surface area contributed by atoms with Crippen LogP contribution in [-0.2, 0) is 11.3 Å². The Balaban J connectivity index is 1.62. The van der Waals surface area contributed by atoms with Crippen LogP contribution in [0.4, 0.5) is 0 Å². The molecular formula is C26H25N3O2S. The third-order valence-electron chi connectivity index (χ3n) is 5.46. The van der Waals surface area contributed by atoms with Crippen molar-refractivity contribution in [3.63, 3.8) is 0 Å². The number of rotatable bonds is 7. The highest BCUT2D eigenvalue weighted by Gasteiger charge is 2.19.